The Labute approximate surface area is 97.6 Å². The van der Waals surface area contributed by atoms with Crippen molar-refractivity contribution in [3.63, 3.8) is 0 Å². The molecule has 1 heterocycles. The Balaban J connectivity index is 2.16. The van der Waals surface area contributed by atoms with E-state index in [1.807, 2.05) is 4.90 Å². The second kappa shape index (κ2) is 4.04. The van der Waals surface area contributed by atoms with E-state index in [0.717, 1.165) is 0 Å². The predicted molar refractivity (Wildman–Crippen MR) is 61.2 cm³/mol. The molecule has 1 aromatic carbocycles. The van der Waals surface area contributed by atoms with E-state index in [0.29, 0.717) is 24.3 Å². The van der Waals surface area contributed by atoms with Gasteiger partial charge in [-0.2, -0.15) is 0 Å². The van der Waals surface area contributed by atoms with E-state index >= 15 is 0 Å². The van der Waals surface area contributed by atoms with Crippen LogP contribution >= 0.6 is 0 Å². The third kappa shape index (κ3) is 2.06. The summed E-state index contributed by atoms with van der Waals surface area (Å²) < 4.78 is 0. The Bertz CT molecular complexity index is 480. The molecule has 17 heavy (non-hydrogen) atoms. The number of nitro groups is 1. The predicted octanol–water partition coefficient (Wildman–Crippen LogP) is 1.42. The summed E-state index contributed by atoms with van der Waals surface area (Å²) in [4.78, 5) is 22.8. The van der Waals surface area contributed by atoms with Crippen molar-refractivity contribution in [2.75, 3.05) is 18.0 Å². The third-order valence-electron chi connectivity index (χ3n) is 2.99. The summed E-state index contributed by atoms with van der Waals surface area (Å²) in [5, 5.41) is 19.5. The quantitative estimate of drug-likeness (QED) is 0.633. The van der Waals surface area contributed by atoms with E-state index in [1.54, 1.807) is 19.1 Å². The highest BCUT2D eigenvalue weighted by Crippen LogP contribution is 2.29. The molecule has 90 valence electrons. The highest BCUT2D eigenvalue weighted by atomic mass is 16.6. The standard InChI is InChI=1S/C11H12N2O4/c1-7-2-3-9(4-10(7)13(16)17)12-5-8(6-12)11(14)15/h2-4,8H,5-6H2,1H3,(H,14,15). The highest BCUT2D eigenvalue weighted by Gasteiger charge is 2.33. The molecule has 0 aromatic heterocycles. The van der Waals surface area contributed by atoms with Crippen molar-refractivity contribution in [3.8, 4) is 0 Å². The monoisotopic (exact) mass is 236 g/mol. The van der Waals surface area contributed by atoms with Gasteiger partial charge in [-0.1, -0.05) is 6.07 Å². The molecule has 6 heteroatoms. The second-order valence-electron chi connectivity index (χ2n) is 4.17. The lowest BCUT2D eigenvalue weighted by Crippen LogP contribution is -2.50. The summed E-state index contributed by atoms with van der Waals surface area (Å²) in [5.41, 5.74) is 1.38. The maximum Gasteiger partial charge on any atom is 0.310 e. The van der Waals surface area contributed by atoms with Gasteiger partial charge >= 0.3 is 5.97 Å². The Morgan fingerprint density at radius 2 is 2.18 bits per heavy atom. The molecule has 0 saturated carbocycles. The van der Waals surface area contributed by atoms with E-state index in [4.69, 9.17) is 5.11 Å². The van der Waals surface area contributed by atoms with Crippen LogP contribution in [0.25, 0.3) is 0 Å². The molecule has 1 aliphatic heterocycles. The molecule has 1 aliphatic rings. The fourth-order valence-corrected chi connectivity index (χ4v) is 1.84. The number of aliphatic carboxylic acids is 1. The Morgan fingerprint density at radius 1 is 1.53 bits per heavy atom. The van der Waals surface area contributed by atoms with E-state index in [9.17, 15) is 14.9 Å². The van der Waals surface area contributed by atoms with Crippen LogP contribution < -0.4 is 4.90 Å². The van der Waals surface area contributed by atoms with Gasteiger partial charge in [0.15, 0.2) is 0 Å². The first-order valence-corrected chi connectivity index (χ1v) is 5.22. The van der Waals surface area contributed by atoms with Crippen LogP contribution in [0, 0.1) is 23.0 Å². The number of carboxylic acid groups (broad SMARTS) is 1. The molecule has 6 nitrogen and oxygen atoms in total. The van der Waals surface area contributed by atoms with Crippen LogP contribution in [0.3, 0.4) is 0 Å². The number of carbonyl (C=O) groups is 1. The Morgan fingerprint density at radius 3 is 2.71 bits per heavy atom. The summed E-state index contributed by atoms with van der Waals surface area (Å²) in [6.07, 6.45) is 0. The van der Waals surface area contributed by atoms with Crippen molar-refractivity contribution < 1.29 is 14.8 Å². The van der Waals surface area contributed by atoms with Gasteiger partial charge < -0.3 is 10.0 Å². The molecule has 0 aliphatic carbocycles. The van der Waals surface area contributed by atoms with Crippen molar-refractivity contribution in [2.24, 2.45) is 5.92 Å². The van der Waals surface area contributed by atoms with Crippen molar-refractivity contribution in [1.82, 2.24) is 0 Å². The number of hydrogen-bond donors (Lipinski definition) is 1. The topological polar surface area (TPSA) is 83.7 Å². The average Bonchev–Trinajstić information content (AvgIpc) is 2.17. The zero-order valence-electron chi connectivity index (χ0n) is 9.29. The molecule has 1 fully saturated rings. The van der Waals surface area contributed by atoms with Crippen LogP contribution in [0.2, 0.25) is 0 Å². The van der Waals surface area contributed by atoms with Crippen molar-refractivity contribution in [1.29, 1.82) is 0 Å². The number of benzene rings is 1. The zero-order chi connectivity index (χ0) is 12.6. The number of aryl methyl sites for hydroxylation is 1. The van der Waals surface area contributed by atoms with E-state index in [2.05, 4.69) is 0 Å². The van der Waals surface area contributed by atoms with Crippen LogP contribution in [0.1, 0.15) is 5.56 Å². The highest BCUT2D eigenvalue weighted by molar-refractivity contribution is 5.75. The normalized spacial score (nSPS) is 15.5. The van der Waals surface area contributed by atoms with Gasteiger partial charge in [0.1, 0.15) is 0 Å². The van der Waals surface area contributed by atoms with Crippen LogP contribution in [0.5, 0.6) is 0 Å². The molecule has 2 rings (SSSR count). The molecular weight excluding hydrogens is 224 g/mol. The minimum atomic E-state index is -0.817. The number of anilines is 1. The Kier molecular flexibility index (Phi) is 2.71. The molecular formula is C11H12N2O4. The first-order chi connectivity index (χ1) is 7.99. The molecule has 0 atom stereocenters. The van der Waals surface area contributed by atoms with Crippen molar-refractivity contribution >= 4 is 17.3 Å². The first-order valence-electron chi connectivity index (χ1n) is 5.22. The summed E-state index contributed by atoms with van der Waals surface area (Å²) in [5.74, 6) is -1.18. The van der Waals surface area contributed by atoms with Gasteiger partial charge in [-0.15, -0.1) is 0 Å². The van der Waals surface area contributed by atoms with E-state index < -0.39 is 10.9 Å². The van der Waals surface area contributed by atoms with Gasteiger partial charge in [-0.3, -0.25) is 14.9 Å². The molecule has 1 N–H and O–H groups in total. The number of carboxylic acids is 1. The first kappa shape index (κ1) is 11.4. The van der Waals surface area contributed by atoms with Crippen LogP contribution in [0.4, 0.5) is 11.4 Å². The molecule has 1 saturated heterocycles. The lowest BCUT2D eigenvalue weighted by molar-refractivity contribution is -0.385. The third-order valence-corrected chi connectivity index (χ3v) is 2.99. The SMILES string of the molecule is Cc1ccc(N2CC(C(=O)O)C2)cc1[N+](=O)[O-]. The maximum atomic E-state index is 10.8. The lowest BCUT2D eigenvalue weighted by Gasteiger charge is -2.38. The maximum absolute atomic E-state index is 10.8. The largest absolute Gasteiger partial charge is 0.481 e. The summed E-state index contributed by atoms with van der Waals surface area (Å²) >= 11 is 0. The molecule has 1 aromatic rings. The summed E-state index contributed by atoms with van der Waals surface area (Å²) in [6.45, 7) is 2.50. The Hall–Kier alpha value is -2.11. The van der Waals surface area contributed by atoms with Gasteiger partial charge in [0.2, 0.25) is 0 Å². The van der Waals surface area contributed by atoms with Gasteiger partial charge in [0.25, 0.3) is 5.69 Å². The van der Waals surface area contributed by atoms with Crippen molar-refractivity contribution in [2.45, 2.75) is 6.92 Å². The minimum absolute atomic E-state index is 0.0706. The summed E-state index contributed by atoms with van der Waals surface area (Å²) in [6, 6.07) is 4.95. The number of rotatable bonds is 3. The number of nitro benzene ring substituents is 1. The second-order valence-corrected chi connectivity index (χ2v) is 4.17. The number of nitrogens with zero attached hydrogens (tertiary/aromatic N) is 2. The number of hydrogen-bond acceptors (Lipinski definition) is 4. The van der Waals surface area contributed by atoms with Gasteiger partial charge in [-0.25, -0.2) is 0 Å². The van der Waals surface area contributed by atoms with E-state index in [-0.39, 0.29) is 11.6 Å². The van der Waals surface area contributed by atoms with Crippen LogP contribution in [-0.4, -0.2) is 29.1 Å². The minimum Gasteiger partial charge on any atom is -0.481 e. The fraction of sp³-hybridized carbons (Fsp3) is 0.364. The fourth-order valence-electron chi connectivity index (χ4n) is 1.84. The average molecular weight is 236 g/mol. The van der Waals surface area contributed by atoms with Gasteiger partial charge in [0.05, 0.1) is 10.8 Å². The molecule has 0 amide bonds. The van der Waals surface area contributed by atoms with Gasteiger partial charge in [-0.05, 0) is 13.0 Å². The smallest absolute Gasteiger partial charge is 0.310 e. The lowest BCUT2D eigenvalue weighted by atomic mass is 9.99. The zero-order valence-corrected chi connectivity index (χ0v) is 9.29. The summed E-state index contributed by atoms with van der Waals surface area (Å²) in [7, 11) is 0. The molecule has 0 bridgehead atoms. The molecule has 0 unspecified atom stereocenters. The molecule has 0 radical (unpaired) electrons. The molecule has 0 spiro atoms. The van der Waals surface area contributed by atoms with Crippen molar-refractivity contribution in [3.05, 3.63) is 33.9 Å². The van der Waals surface area contributed by atoms with Crippen LogP contribution in [-0.2, 0) is 4.79 Å². The van der Waals surface area contributed by atoms with E-state index in [1.165, 1.54) is 6.07 Å². The van der Waals surface area contributed by atoms with Crippen LogP contribution in [0.15, 0.2) is 18.2 Å². The van der Waals surface area contributed by atoms with Gasteiger partial charge in [0, 0.05) is 30.4 Å².